The maximum absolute atomic E-state index is 13.0. The molecule has 42 heavy (non-hydrogen) atoms. The molecule has 9 nitrogen and oxygen atoms in total. The summed E-state index contributed by atoms with van der Waals surface area (Å²) in [6.07, 6.45) is 2.77. The molecule has 0 bridgehead atoms. The summed E-state index contributed by atoms with van der Waals surface area (Å²) in [5.41, 5.74) is 4.06. The first-order valence-electron chi connectivity index (χ1n) is 13.9. The van der Waals surface area contributed by atoms with Gasteiger partial charge in [0.25, 0.3) is 5.91 Å². The van der Waals surface area contributed by atoms with Crippen LogP contribution in [0.4, 0.5) is 16.3 Å². The van der Waals surface area contributed by atoms with E-state index in [2.05, 4.69) is 36.4 Å². The molecule has 0 atom stereocenters. The van der Waals surface area contributed by atoms with Gasteiger partial charge in [0.05, 0.1) is 28.1 Å². The highest BCUT2D eigenvalue weighted by Crippen LogP contribution is 2.30. The molecule has 0 radical (unpaired) electrons. The van der Waals surface area contributed by atoms with Crippen LogP contribution in [0, 0.1) is 13.8 Å². The van der Waals surface area contributed by atoms with Crippen molar-refractivity contribution in [2.75, 3.05) is 23.7 Å². The first kappa shape index (κ1) is 29.6. The predicted molar refractivity (Wildman–Crippen MR) is 167 cm³/mol. The van der Waals surface area contributed by atoms with Crippen molar-refractivity contribution in [3.05, 3.63) is 80.8 Å². The van der Waals surface area contributed by atoms with E-state index >= 15 is 0 Å². The van der Waals surface area contributed by atoms with E-state index in [9.17, 15) is 9.59 Å². The number of hydrogen-bond acceptors (Lipinski definition) is 6. The van der Waals surface area contributed by atoms with Crippen LogP contribution >= 0.6 is 22.9 Å². The Bertz CT molecular complexity index is 1580. The van der Waals surface area contributed by atoms with Gasteiger partial charge in [0.2, 0.25) is 5.88 Å². The van der Waals surface area contributed by atoms with Gasteiger partial charge < -0.3 is 15.0 Å². The number of rotatable bonds is 6. The first-order chi connectivity index (χ1) is 20.0. The molecule has 1 saturated heterocycles. The van der Waals surface area contributed by atoms with Gasteiger partial charge >= 0.3 is 6.03 Å². The second-order valence-electron chi connectivity index (χ2n) is 11.5. The fourth-order valence-corrected chi connectivity index (χ4v) is 5.75. The first-order valence-corrected chi connectivity index (χ1v) is 15.1. The van der Waals surface area contributed by atoms with Crippen LogP contribution in [0.15, 0.2) is 54.0 Å². The number of piperidine rings is 1. The quantitative estimate of drug-likeness (QED) is 0.241. The Morgan fingerprint density at radius 1 is 1.05 bits per heavy atom. The SMILES string of the molecule is Cc1ccc(-n2nc(C(C)(C)C)cc2NC(=O)Nc2cnc(OC3CCN(C(=O)c4sccc4C)CC3)c(Cl)c2)cc1. The van der Waals surface area contributed by atoms with Crippen molar-refractivity contribution in [1.82, 2.24) is 19.7 Å². The number of nitrogens with zero attached hydrogens (tertiary/aromatic N) is 4. The van der Waals surface area contributed by atoms with Crippen LogP contribution < -0.4 is 15.4 Å². The van der Waals surface area contributed by atoms with Gasteiger partial charge in [-0.2, -0.15) is 5.10 Å². The second kappa shape index (κ2) is 12.1. The number of hydrogen-bond donors (Lipinski definition) is 2. The summed E-state index contributed by atoms with van der Waals surface area (Å²) < 4.78 is 7.80. The normalized spacial score (nSPS) is 14.1. The standard InChI is InChI=1S/C31H35ClN6O3S/c1-19-6-8-22(9-7-19)38-26(17-25(36-38)31(3,4)5)35-30(40)34-21-16-24(32)28(33-18-21)41-23-10-13-37(14-11-23)29(39)27-20(2)12-15-42-27/h6-9,12,15-18,23H,10-11,13-14H2,1-5H3,(H2,34,35,40). The van der Waals surface area contributed by atoms with Gasteiger partial charge in [-0.1, -0.05) is 50.1 Å². The maximum atomic E-state index is 13.0. The summed E-state index contributed by atoms with van der Waals surface area (Å²) in [5, 5.41) is 12.7. The van der Waals surface area contributed by atoms with E-state index in [0.29, 0.717) is 48.3 Å². The number of ether oxygens (including phenoxy) is 1. The Morgan fingerprint density at radius 3 is 2.38 bits per heavy atom. The number of carbonyl (C=O) groups excluding carboxylic acids is 2. The molecule has 2 N–H and O–H groups in total. The fraction of sp³-hybridized carbons (Fsp3) is 0.355. The summed E-state index contributed by atoms with van der Waals surface area (Å²) >= 11 is 7.97. The van der Waals surface area contributed by atoms with Gasteiger partial charge in [0.15, 0.2) is 0 Å². The van der Waals surface area contributed by atoms with E-state index in [1.165, 1.54) is 17.5 Å². The third-order valence-electron chi connectivity index (χ3n) is 7.13. The molecule has 1 aliphatic rings. The molecule has 1 aliphatic heterocycles. The van der Waals surface area contributed by atoms with E-state index in [4.69, 9.17) is 21.4 Å². The monoisotopic (exact) mass is 606 g/mol. The van der Waals surface area contributed by atoms with Crippen LogP contribution in [-0.2, 0) is 5.41 Å². The number of anilines is 2. The summed E-state index contributed by atoms with van der Waals surface area (Å²) in [6, 6.07) is 12.9. The molecule has 0 unspecified atom stereocenters. The minimum absolute atomic E-state index is 0.0716. The van der Waals surface area contributed by atoms with Gasteiger partial charge in [-0.15, -0.1) is 11.3 Å². The van der Waals surface area contributed by atoms with Crippen molar-refractivity contribution in [2.45, 2.75) is 59.0 Å². The smallest absolute Gasteiger partial charge is 0.324 e. The number of aromatic nitrogens is 3. The van der Waals surface area contributed by atoms with Crippen LogP contribution in [0.5, 0.6) is 5.88 Å². The molecule has 11 heteroatoms. The lowest BCUT2D eigenvalue weighted by Gasteiger charge is -2.32. The Labute approximate surface area is 254 Å². The molecule has 1 aromatic carbocycles. The van der Waals surface area contributed by atoms with Gasteiger partial charge in [-0.25, -0.2) is 14.5 Å². The van der Waals surface area contributed by atoms with Crippen molar-refractivity contribution < 1.29 is 14.3 Å². The van der Waals surface area contributed by atoms with Crippen molar-refractivity contribution >= 4 is 46.4 Å². The third kappa shape index (κ3) is 6.77. The lowest BCUT2D eigenvalue weighted by atomic mass is 9.92. The number of carbonyl (C=O) groups is 2. The number of halogens is 1. The second-order valence-corrected chi connectivity index (χ2v) is 12.9. The average molecular weight is 607 g/mol. The topological polar surface area (TPSA) is 101 Å². The number of pyridine rings is 1. The number of nitrogens with one attached hydrogen (secondary N) is 2. The number of thiophene rings is 1. The fourth-order valence-electron chi connectivity index (χ4n) is 4.65. The highest BCUT2D eigenvalue weighted by molar-refractivity contribution is 7.12. The molecule has 4 aromatic rings. The zero-order valence-corrected chi connectivity index (χ0v) is 26.0. The van der Waals surface area contributed by atoms with Gasteiger partial charge in [-0.05, 0) is 49.1 Å². The van der Waals surface area contributed by atoms with E-state index in [-0.39, 0.29) is 17.4 Å². The highest BCUT2D eigenvalue weighted by atomic mass is 35.5. The zero-order chi connectivity index (χ0) is 30.0. The van der Waals surface area contributed by atoms with Crippen LogP contribution in [-0.4, -0.2) is 50.8 Å². The van der Waals surface area contributed by atoms with Crippen LogP contribution in [0.2, 0.25) is 5.02 Å². The van der Waals surface area contributed by atoms with Crippen molar-refractivity contribution in [3.63, 3.8) is 0 Å². The van der Waals surface area contributed by atoms with Gasteiger partial charge in [0, 0.05) is 37.4 Å². The van der Waals surface area contributed by atoms with Gasteiger partial charge in [-0.3, -0.25) is 10.1 Å². The molecule has 4 heterocycles. The summed E-state index contributed by atoms with van der Waals surface area (Å²) in [7, 11) is 0. The molecule has 0 saturated carbocycles. The van der Waals surface area contributed by atoms with Crippen LogP contribution in [0.1, 0.15) is 60.1 Å². The summed E-state index contributed by atoms with van der Waals surface area (Å²) in [6.45, 7) is 11.4. The minimum atomic E-state index is -0.451. The molecule has 0 spiro atoms. The molecule has 0 aliphatic carbocycles. The molecular weight excluding hydrogens is 572 g/mol. The lowest BCUT2D eigenvalue weighted by Crippen LogP contribution is -2.41. The largest absolute Gasteiger partial charge is 0.473 e. The number of amides is 3. The Morgan fingerprint density at radius 2 is 1.76 bits per heavy atom. The number of urea groups is 1. The molecule has 220 valence electrons. The Hall–Kier alpha value is -3.89. The molecule has 5 rings (SSSR count). The Kier molecular flexibility index (Phi) is 8.56. The maximum Gasteiger partial charge on any atom is 0.324 e. The molecule has 3 aromatic heterocycles. The molecule has 1 fully saturated rings. The van der Waals surface area contributed by atoms with Crippen molar-refractivity contribution in [2.24, 2.45) is 0 Å². The van der Waals surface area contributed by atoms with E-state index in [1.807, 2.05) is 60.5 Å². The summed E-state index contributed by atoms with van der Waals surface area (Å²) in [4.78, 5) is 32.8. The zero-order valence-electron chi connectivity index (χ0n) is 24.4. The van der Waals surface area contributed by atoms with Crippen molar-refractivity contribution in [3.8, 4) is 11.6 Å². The summed E-state index contributed by atoms with van der Waals surface area (Å²) in [5.74, 6) is 0.912. The van der Waals surface area contributed by atoms with Crippen LogP contribution in [0.25, 0.3) is 5.69 Å². The van der Waals surface area contributed by atoms with Crippen LogP contribution in [0.3, 0.4) is 0 Å². The number of aryl methyl sites for hydroxylation is 2. The van der Waals surface area contributed by atoms with E-state index < -0.39 is 6.03 Å². The highest BCUT2D eigenvalue weighted by Gasteiger charge is 2.27. The lowest BCUT2D eigenvalue weighted by molar-refractivity contribution is 0.0592. The average Bonchev–Trinajstić information content (AvgIpc) is 3.57. The minimum Gasteiger partial charge on any atom is -0.473 e. The number of benzene rings is 1. The molecular formula is C31H35ClN6O3S. The van der Waals surface area contributed by atoms with Gasteiger partial charge in [0.1, 0.15) is 16.9 Å². The van der Waals surface area contributed by atoms with E-state index in [0.717, 1.165) is 27.4 Å². The van der Waals surface area contributed by atoms with E-state index in [1.54, 1.807) is 10.7 Å². The Balaban J connectivity index is 1.20. The predicted octanol–water partition coefficient (Wildman–Crippen LogP) is 7.22. The number of likely N-dealkylation sites (tertiary alicyclic amines) is 1. The third-order valence-corrected chi connectivity index (χ3v) is 8.40. The molecule has 3 amide bonds. The van der Waals surface area contributed by atoms with Crippen molar-refractivity contribution in [1.29, 1.82) is 0 Å².